The minimum absolute atomic E-state index is 0.0792. The highest BCUT2D eigenvalue weighted by molar-refractivity contribution is 5.77. The van der Waals surface area contributed by atoms with Crippen molar-refractivity contribution in [2.45, 2.75) is 6.42 Å². The third-order valence-corrected chi connectivity index (χ3v) is 3.34. The number of aromatic nitrogens is 1. The first-order valence-corrected chi connectivity index (χ1v) is 7.91. The molecule has 0 aliphatic heterocycles. The Balaban J connectivity index is 1.37. The van der Waals surface area contributed by atoms with Crippen LogP contribution in [0.3, 0.4) is 0 Å². The fourth-order valence-electron chi connectivity index (χ4n) is 2.18. The summed E-state index contributed by atoms with van der Waals surface area (Å²) in [5.41, 5.74) is 3.82. The number of rotatable bonds is 8. The molecule has 0 atom stereocenters. The van der Waals surface area contributed by atoms with Crippen LogP contribution in [0.4, 0.5) is 0 Å². The van der Waals surface area contributed by atoms with E-state index >= 15 is 0 Å². The number of nitrogens with one attached hydrogen (secondary N) is 1. The highest BCUT2D eigenvalue weighted by Gasteiger charge is 2.10. The second-order valence-corrected chi connectivity index (χ2v) is 5.26. The predicted molar refractivity (Wildman–Crippen MR) is 91.7 cm³/mol. The molecule has 3 aromatic rings. The van der Waals surface area contributed by atoms with Gasteiger partial charge in [0.15, 0.2) is 5.76 Å². The lowest BCUT2D eigenvalue weighted by molar-refractivity contribution is -0.133. The summed E-state index contributed by atoms with van der Waals surface area (Å²) >= 11 is 0. The van der Waals surface area contributed by atoms with Gasteiger partial charge in [-0.2, -0.15) is 0 Å². The molecule has 0 aliphatic carbocycles. The lowest BCUT2D eigenvalue weighted by atomic mass is 10.1. The van der Waals surface area contributed by atoms with Crippen LogP contribution < -0.4 is 10.2 Å². The molecule has 0 aliphatic rings. The second kappa shape index (κ2) is 8.65. The van der Waals surface area contributed by atoms with Crippen molar-refractivity contribution in [2.75, 3.05) is 13.2 Å². The molecule has 3 rings (SSSR count). The number of amides is 1. The summed E-state index contributed by atoms with van der Waals surface area (Å²) in [6, 6.07) is 20.7. The van der Waals surface area contributed by atoms with E-state index in [1.54, 1.807) is 6.07 Å². The predicted octanol–water partition coefficient (Wildman–Crippen LogP) is 3.01. The Morgan fingerprint density at radius 1 is 1.00 bits per heavy atom. The van der Waals surface area contributed by atoms with Gasteiger partial charge in [0.25, 0.3) is 0 Å². The molecule has 0 saturated carbocycles. The number of para-hydroxylation sites is 1. The number of hydrogen-bond donors (Lipinski definition) is 1. The lowest BCUT2D eigenvalue weighted by Gasteiger charge is -2.07. The maximum absolute atomic E-state index is 11.8. The van der Waals surface area contributed by atoms with Gasteiger partial charge in [-0.15, -0.1) is 0 Å². The summed E-state index contributed by atoms with van der Waals surface area (Å²) in [5.74, 6) is 1.08. The molecule has 25 heavy (non-hydrogen) atoms. The molecule has 0 bridgehead atoms. The van der Waals surface area contributed by atoms with Crippen molar-refractivity contribution in [2.24, 2.45) is 0 Å². The van der Waals surface area contributed by atoms with Crippen molar-refractivity contribution < 1.29 is 18.9 Å². The Morgan fingerprint density at radius 3 is 2.48 bits per heavy atom. The molecule has 6 nitrogen and oxygen atoms in total. The number of nitrogens with zero attached hydrogens (tertiary/aromatic N) is 1. The van der Waals surface area contributed by atoms with Gasteiger partial charge in [-0.05, 0) is 12.1 Å². The van der Waals surface area contributed by atoms with Gasteiger partial charge >= 0.3 is 0 Å². The summed E-state index contributed by atoms with van der Waals surface area (Å²) in [4.78, 5) is 16.9. The monoisotopic (exact) mass is 338 g/mol. The van der Waals surface area contributed by atoms with Gasteiger partial charge in [-0.3, -0.25) is 9.63 Å². The smallest absolute Gasteiger partial charge is 0.249 e. The molecule has 0 saturated heterocycles. The fraction of sp³-hybridized carbons (Fsp3) is 0.158. The molecule has 6 heteroatoms. The molecule has 128 valence electrons. The molecule has 1 heterocycles. The van der Waals surface area contributed by atoms with Gasteiger partial charge in [0.2, 0.25) is 5.91 Å². The Labute approximate surface area is 145 Å². The van der Waals surface area contributed by atoms with E-state index in [1.807, 2.05) is 60.7 Å². The van der Waals surface area contributed by atoms with E-state index < -0.39 is 0 Å². The van der Waals surface area contributed by atoms with Crippen molar-refractivity contribution in [1.82, 2.24) is 10.6 Å². The SMILES string of the molecule is O=C(Cc1cc(-c2ccccc2)on1)NOCCOc1ccccc1. The van der Waals surface area contributed by atoms with E-state index in [9.17, 15) is 4.79 Å². The molecular formula is C19H18N2O4. The number of hydrogen-bond acceptors (Lipinski definition) is 5. The summed E-state index contributed by atoms with van der Waals surface area (Å²) in [5, 5.41) is 3.90. The van der Waals surface area contributed by atoms with Crippen molar-refractivity contribution in [1.29, 1.82) is 0 Å². The normalized spacial score (nSPS) is 10.4. The second-order valence-electron chi connectivity index (χ2n) is 5.26. The Morgan fingerprint density at radius 2 is 1.72 bits per heavy atom. The third-order valence-electron chi connectivity index (χ3n) is 3.34. The molecule has 0 fully saturated rings. The Kier molecular flexibility index (Phi) is 5.79. The molecule has 1 aromatic heterocycles. The quantitative estimate of drug-likeness (QED) is 0.505. The topological polar surface area (TPSA) is 73.6 Å². The molecule has 1 amide bonds. The summed E-state index contributed by atoms with van der Waals surface area (Å²) in [6.07, 6.45) is 0.0792. The van der Waals surface area contributed by atoms with Gasteiger partial charge in [0, 0.05) is 11.6 Å². The van der Waals surface area contributed by atoms with Crippen LogP contribution in [-0.2, 0) is 16.1 Å². The van der Waals surface area contributed by atoms with Crippen LogP contribution in [0.2, 0.25) is 0 Å². The zero-order chi connectivity index (χ0) is 17.3. The van der Waals surface area contributed by atoms with Crippen LogP contribution in [0.5, 0.6) is 5.75 Å². The van der Waals surface area contributed by atoms with Crippen molar-refractivity contribution in [3.05, 3.63) is 72.4 Å². The number of carbonyl (C=O) groups excluding carboxylic acids is 1. The molecule has 0 radical (unpaired) electrons. The Bertz CT molecular complexity index is 787. The minimum atomic E-state index is -0.298. The Hall–Kier alpha value is -3.12. The van der Waals surface area contributed by atoms with Crippen molar-refractivity contribution >= 4 is 5.91 Å². The lowest BCUT2D eigenvalue weighted by Crippen LogP contribution is -2.27. The van der Waals surface area contributed by atoms with Crippen LogP contribution in [0.1, 0.15) is 5.69 Å². The molecule has 0 unspecified atom stereocenters. The molecule has 2 aromatic carbocycles. The highest BCUT2D eigenvalue weighted by atomic mass is 16.7. The van der Waals surface area contributed by atoms with Gasteiger partial charge < -0.3 is 9.26 Å². The number of ether oxygens (including phenoxy) is 1. The van der Waals surface area contributed by atoms with Crippen molar-refractivity contribution in [3.8, 4) is 17.1 Å². The van der Waals surface area contributed by atoms with E-state index in [0.717, 1.165) is 11.3 Å². The summed E-state index contributed by atoms with van der Waals surface area (Å²) in [6.45, 7) is 0.584. The first-order chi connectivity index (χ1) is 12.3. The van der Waals surface area contributed by atoms with Gasteiger partial charge in [0.05, 0.1) is 12.1 Å². The largest absolute Gasteiger partial charge is 0.491 e. The van der Waals surface area contributed by atoms with Crippen LogP contribution in [0.15, 0.2) is 71.3 Å². The van der Waals surface area contributed by atoms with Crippen LogP contribution in [-0.4, -0.2) is 24.3 Å². The van der Waals surface area contributed by atoms with Crippen molar-refractivity contribution in [3.63, 3.8) is 0 Å². The molecule has 0 spiro atoms. The summed E-state index contributed by atoms with van der Waals surface area (Å²) < 4.78 is 10.7. The average molecular weight is 338 g/mol. The number of carbonyl (C=O) groups is 1. The number of hydroxylamine groups is 1. The maximum atomic E-state index is 11.8. The minimum Gasteiger partial charge on any atom is -0.491 e. The first-order valence-electron chi connectivity index (χ1n) is 7.91. The van der Waals surface area contributed by atoms with E-state index in [0.29, 0.717) is 18.1 Å². The van der Waals surface area contributed by atoms with E-state index in [4.69, 9.17) is 14.1 Å². The van der Waals surface area contributed by atoms with E-state index in [-0.39, 0.29) is 18.9 Å². The van der Waals surface area contributed by atoms with Gasteiger partial charge in [0.1, 0.15) is 19.0 Å². The van der Waals surface area contributed by atoms with Gasteiger partial charge in [-0.1, -0.05) is 53.7 Å². The van der Waals surface area contributed by atoms with E-state index in [2.05, 4.69) is 10.6 Å². The zero-order valence-electron chi connectivity index (χ0n) is 13.6. The first kappa shape index (κ1) is 16.7. The maximum Gasteiger partial charge on any atom is 0.249 e. The molecular weight excluding hydrogens is 320 g/mol. The van der Waals surface area contributed by atoms with Crippen LogP contribution >= 0.6 is 0 Å². The number of benzene rings is 2. The zero-order valence-corrected chi connectivity index (χ0v) is 13.6. The average Bonchev–Trinajstić information content (AvgIpc) is 3.11. The van der Waals surface area contributed by atoms with Crippen LogP contribution in [0.25, 0.3) is 11.3 Å². The highest BCUT2D eigenvalue weighted by Crippen LogP contribution is 2.19. The van der Waals surface area contributed by atoms with Crippen LogP contribution in [0, 0.1) is 0 Å². The molecule has 1 N–H and O–H groups in total. The summed E-state index contributed by atoms with van der Waals surface area (Å²) in [7, 11) is 0. The fourth-order valence-corrected chi connectivity index (χ4v) is 2.18. The van der Waals surface area contributed by atoms with E-state index in [1.165, 1.54) is 0 Å². The van der Waals surface area contributed by atoms with Gasteiger partial charge in [-0.25, -0.2) is 5.48 Å². The standard InChI is InChI=1S/C19H18N2O4/c22-19(21-24-12-11-23-17-9-5-2-6-10-17)14-16-13-18(25-20-16)15-7-3-1-4-8-15/h1-10,13H,11-12,14H2,(H,21,22). The third kappa shape index (κ3) is 5.19.